The molecule has 1 N–H and O–H groups in total. The van der Waals surface area contributed by atoms with Crippen LogP contribution in [-0.2, 0) is 10.3 Å². The van der Waals surface area contributed by atoms with Crippen molar-refractivity contribution in [3.8, 4) is 0 Å². The zero-order valence-corrected chi connectivity index (χ0v) is 11.1. The van der Waals surface area contributed by atoms with Gasteiger partial charge in [-0.15, -0.1) is 11.3 Å². The van der Waals surface area contributed by atoms with Gasteiger partial charge in [-0.1, -0.05) is 6.92 Å². The van der Waals surface area contributed by atoms with Crippen LogP contribution < -0.4 is 0 Å². The Kier molecular flexibility index (Phi) is 3.12. The second-order valence-electron chi connectivity index (χ2n) is 5.02. The van der Waals surface area contributed by atoms with Crippen LogP contribution >= 0.6 is 11.3 Å². The van der Waals surface area contributed by atoms with Crippen LogP contribution in [0.1, 0.15) is 42.9 Å². The first-order valence-electron chi connectivity index (χ1n) is 5.91. The van der Waals surface area contributed by atoms with Crippen molar-refractivity contribution < 1.29 is 9.84 Å². The van der Waals surface area contributed by atoms with Gasteiger partial charge >= 0.3 is 0 Å². The molecule has 1 aromatic heterocycles. The van der Waals surface area contributed by atoms with E-state index in [-0.39, 0.29) is 5.60 Å². The highest BCUT2D eigenvalue weighted by molar-refractivity contribution is 7.12. The molecule has 0 aromatic carbocycles. The fraction of sp³-hybridized carbons (Fsp3) is 0.692. The van der Waals surface area contributed by atoms with E-state index in [4.69, 9.17) is 4.74 Å². The quantitative estimate of drug-likeness (QED) is 0.860. The molecule has 1 fully saturated rings. The second kappa shape index (κ2) is 4.13. The number of hydrogen-bond acceptors (Lipinski definition) is 3. The first kappa shape index (κ1) is 12.1. The summed E-state index contributed by atoms with van der Waals surface area (Å²) in [5.41, 5.74) is -0.854. The first-order valence-corrected chi connectivity index (χ1v) is 6.72. The summed E-state index contributed by atoms with van der Waals surface area (Å²) in [5.74, 6) is 0. The minimum atomic E-state index is -0.679. The van der Waals surface area contributed by atoms with Gasteiger partial charge in [0, 0.05) is 22.6 Å². The Morgan fingerprint density at radius 3 is 2.81 bits per heavy atom. The highest BCUT2D eigenvalue weighted by Gasteiger charge is 2.42. The standard InChI is InChI=1S/C13H20O2S/c1-4-12(3)9-13(14,7-8-15-12)11-6-5-10(2)16-11/h5-6,14H,4,7-9H2,1-3H3. The average Bonchev–Trinajstić information content (AvgIpc) is 2.65. The molecule has 3 heteroatoms. The number of rotatable bonds is 2. The van der Waals surface area contributed by atoms with Crippen molar-refractivity contribution in [1.29, 1.82) is 0 Å². The van der Waals surface area contributed by atoms with Gasteiger partial charge in [-0.25, -0.2) is 0 Å². The van der Waals surface area contributed by atoms with Gasteiger partial charge in [-0.3, -0.25) is 0 Å². The lowest BCUT2D eigenvalue weighted by Crippen LogP contribution is -2.44. The highest BCUT2D eigenvalue weighted by atomic mass is 32.1. The number of ether oxygens (including phenoxy) is 1. The van der Waals surface area contributed by atoms with Crippen LogP contribution in [0, 0.1) is 6.92 Å². The molecule has 0 radical (unpaired) electrons. The number of hydrogen-bond donors (Lipinski definition) is 1. The molecule has 2 atom stereocenters. The van der Waals surface area contributed by atoms with Crippen LogP contribution in [-0.4, -0.2) is 17.3 Å². The van der Waals surface area contributed by atoms with Gasteiger partial charge in [0.05, 0.1) is 12.2 Å². The maximum atomic E-state index is 10.8. The number of thiophene rings is 1. The average molecular weight is 240 g/mol. The van der Waals surface area contributed by atoms with E-state index in [1.165, 1.54) is 4.88 Å². The van der Waals surface area contributed by atoms with Crippen molar-refractivity contribution in [2.45, 2.75) is 51.2 Å². The maximum absolute atomic E-state index is 10.8. The smallest absolute Gasteiger partial charge is 0.104 e. The second-order valence-corrected chi connectivity index (χ2v) is 6.31. The number of aliphatic hydroxyl groups is 1. The Morgan fingerprint density at radius 1 is 1.50 bits per heavy atom. The predicted molar refractivity (Wildman–Crippen MR) is 66.8 cm³/mol. The molecule has 2 unspecified atom stereocenters. The molecule has 1 aliphatic heterocycles. The normalized spacial score (nSPS) is 35.2. The number of aryl methyl sites for hydroxylation is 1. The summed E-state index contributed by atoms with van der Waals surface area (Å²) in [5, 5.41) is 10.8. The van der Waals surface area contributed by atoms with Crippen LogP contribution in [0.25, 0.3) is 0 Å². The minimum Gasteiger partial charge on any atom is -0.384 e. The van der Waals surface area contributed by atoms with Gasteiger partial charge in [0.25, 0.3) is 0 Å². The van der Waals surface area contributed by atoms with E-state index in [0.29, 0.717) is 19.4 Å². The van der Waals surface area contributed by atoms with Crippen molar-refractivity contribution in [1.82, 2.24) is 0 Å². The topological polar surface area (TPSA) is 29.5 Å². The van der Waals surface area contributed by atoms with Crippen LogP contribution in [0.15, 0.2) is 12.1 Å². The van der Waals surface area contributed by atoms with Crippen molar-refractivity contribution >= 4 is 11.3 Å². The largest absolute Gasteiger partial charge is 0.384 e. The molecular weight excluding hydrogens is 220 g/mol. The summed E-state index contributed by atoms with van der Waals surface area (Å²) in [6.07, 6.45) is 2.36. The zero-order valence-electron chi connectivity index (χ0n) is 10.2. The highest BCUT2D eigenvalue weighted by Crippen LogP contribution is 2.43. The molecular formula is C13H20O2S. The van der Waals surface area contributed by atoms with Crippen LogP contribution in [0.2, 0.25) is 0 Å². The Labute approximate surface area is 101 Å². The van der Waals surface area contributed by atoms with Gasteiger partial charge in [0.15, 0.2) is 0 Å². The van der Waals surface area contributed by atoms with E-state index in [1.54, 1.807) is 11.3 Å². The molecule has 0 saturated carbocycles. The van der Waals surface area contributed by atoms with Gasteiger partial charge in [-0.05, 0) is 32.4 Å². The van der Waals surface area contributed by atoms with E-state index < -0.39 is 5.60 Å². The third-order valence-corrected chi connectivity index (χ3v) is 4.77. The Hall–Kier alpha value is -0.380. The summed E-state index contributed by atoms with van der Waals surface area (Å²) >= 11 is 1.70. The van der Waals surface area contributed by atoms with Gasteiger partial charge in [0.2, 0.25) is 0 Å². The third-order valence-electron chi connectivity index (χ3n) is 3.58. The summed E-state index contributed by atoms with van der Waals surface area (Å²) in [6, 6.07) is 4.14. The van der Waals surface area contributed by atoms with Gasteiger partial charge in [0.1, 0.15) is 5.60 Å². The lowest BCUT2D eigenvalue weighted by molar-refractivity contribution is -0.156. The van der Waals surface area contributed by atoms with E-state index in [1.807, 2.05) is 0 Å². The molecule has 1 aliphatic rings. The summed E-state index contributed by atoms with van der Waals surface area (Å²) < 4.78 is 5.78. The van der Waals surface area contributed by atoms with E-state index in [0.717, 1.165) is 11.3 Å². The minimum absolute atomic E-state index is 0.176. The lowest BCUT2D eigenvalue weighted by Gasteiger charge is -2.42. The Morgan fingerprint density at radius 2 is 2.25 bits per heavy atom. The lowest BCUT2D eigenvalue weighted by atomic mass is 9.81. The SMILES string of the molecule is CCC1(C)CC(O)(c2ccc(C)s2)CCO1. The summed E-state index contributed by atoms with van der Waals surface area (Å²) in [7, 11) is 0. The molecule has 2 nitrogen and oxygen atoms in total. The summed E-state index contributed by atoms with van der Waals surface area (Å²) in [4.78, 5) is 2.35. The van der Waals surface area contributed by atoms with Gasteiger partial charge < -0.3 is 9.84 Å². The molecule has 0 spiro atoms. The van der Waals surface area contributed by atoms with E-state index >= 15 is 0 Å². The van der Waals surface area contributed by atoms with Crippen LogP contribution in [0.5, 0.6) is 0 Å². The molecule has 0 aliphatic carbocycles. The van der Waals surface area contributed by atoms with E-state index in [2.05, 4.69) is 32.9 Å². The van der Waals surface area contributed by atoms with Crippen LogP contribution in [0.3, 0.4) is 0 Å². The molecule has 1 aromatic rings. The third kappa shape index (κ3) is 2.17. The molecule has 1 saturated heterocycles. The Balaban J connectivity index is 2.25. The Bertz CT molecular complexity index is 374. The van der Waals surface area contributed by atoms with Crippen molar-refractivity contribution in [2.75, 3.05) is 6.61 Å². The summed E-state index contributed by atoms with van der Waals surface area (Å²) in [6.45, 7) is 6.94. The predicted octanol–water partition coefficient (Wildman–Crippen LogP) is 3.22. The zero-order chi connectivity index (χ0) is 11.8. The van der Waals surface area contributed by atoms with Crippen LogP contribution in [0.4, 0.5) is 0 Å². The first-order chi connectivity index (χ1) is 7.47. The maximum Gasteiger partial charge on any atom is 0.104 e. The van der Waals surface area contributed by atoms with Crippen molar-refractivity contribution in [2.24, 2.45) is 0 Å². The monoisotopic (exact) mass is 240 g/mol. The molecule has 2 heterocycles. The molecule has 0 bridgehead atoms. The fourth-order valence-electron chi connectivity index (χ4n) is 2.35. The molecule has 16 heavy (non-hydrogen) atoms. The van der Waals surface area contributed by atoms with E-state index in [9.17, 15) is 5.11 Å². The van der Waals surface area contributed by atoms with Crippen molar-refractivity contribution in [3.05, 3.63) is 21.9 Å². The van der Waals surface area contributed by atoms with Crippen molar-refractivity contribution in [3.63, 3.8) is 0 Å². The molecule has 90 valence electrons. The molecule has 0 amide bonds. The molecule has 2 rings (SSSR count). The fourth-order valence-corrected chi connectivity index (χ4v) is 3.33. The van der Waals surface area contributed by atoms with Gasteiger partial charge in [-0.2, -0.15) is 0 Å².